The summed E-state index contributed by atoms with van der Waals surface area (Å²) in [6.45, 7) is 0.276. The second-order valence-electron chi connectivity index (χ2n) is 3.95. The Hall–Kier alpha value is -1.91. The zero-order valence-electron chi connectivity index (χ0n) is 9.84. The van der Waals surface area contributed by atoms with Crippen LogP contribution in [0.25, 0.3) is 0 Å². The van der Waals surface area contributed by atoms with E-state index in [9.17, 15) is 4.39 Å². The summed E-state index contributed by atoms with van der Waals surface area (Å²) in [7, 11) is 0. The van der Waals surface area contributed by atoms with E-state index in [0.29, 0.717) is 11.3 Å². The van der Waals surface area contributed by atoms with Crippen molar-refractivity contribution in [1.82, 2.24) is 0 Å². The van der Waals surface area contributed by atoms with Gasteiger partial charge in [-0.2, -0.15) is 0 Å². The Morgan fingerprint density at radius 1 is 1.11 bits per heavy atom. The fourth-order valence-corrected chi connectivity index (χ4v) is 1.58. The number of rotatable bonds is 4. The number of hydrogen-bond donors (Lipinski definition) is 2. The molecule has 0 amide bonds. The van der Waals surface area contributed by atoms with E-state index in [1.165, 1.54) is 6.07 Å². The molecule has 0 aliphatic carbocycles. The van der Waals surface area contributed by atoms with Gasteiger partial charge in [-0.3, -0.25) is 0 Å². The highest BCUT2D eigenvalue weighted by Gasteiger charge is 2.09. The SMILES string of the molecule is NCC(N)c1ccc(Oc2ccccc2)c(F)c1. The zero-order chi connectivity index (χ0) is 13.0. The third kappa shape index (κ3) is 2.85. The molecule has 0 aliphatic rings. The first-order valence-corrected chi connectivity index (χ1v) is 5.68. The summed E-state index contributed by atoms with van der Waals surface area (Å²) in [5.74, 6) is 0.321. The normalized spacial score (nSPS) is 12.2. The molecule has 2 aromatic rings. The summed E-state index contributed by atoms with van der Waals surface area (Å²) in [5, 5.41) is 0. The molecular weight excluding hydrogens is 231 g/mol. The summed E-state index contributed by atoms with van der Waals surface area (Å²) >= 11 is 0. The molecule has 0 aliphatic heterocycles. The Morgan fingerprint density at radius 3 is 2.44 bits per heavy atom. The lowest BCUT2D eigenvalue weighted by molar-refractivity contribution is 0.441. The third-order valence-corrected chi connectivity index (χ3v) is 2.61. The zero-order valence-corrected chi connectivity index (χ0v) is 9.84. The first kappa shape index (κ1) is 12.5. The predicted octanol–water partition coefficient (Wildman–Crippen LogP) is 2.58. The van der Waals surface area contributed by atoms with E-state index in [0.717, 1.165) is 0 Å². The first-order valence-electron chi connectivity index (χ1n) is 5.68. The lowest BCUT2D eigenvalue weighted by Crippen LogP contribution is -2.20. The second-order valence-corrected chi connectivity index (χ2v) is 3.95. The monoisotopic (exact) mass is 246 g/mol. The van der Waals surface area contributed by atoms with Crippen molar-refractivity contribution in [1.29, 1.82) is 0 Å². The Morgan fingerprint density at radius 2 is 1.83 bits per heavy atom. The molecule has 1 unspecified atom stereocenters. The standard InChI is InChI=1S/C14H15FN2O/c15-12-8-10(13(17)9-16)6-7-14(12)18-11-4-2-1-3-5-11/h1-8,13H,9,16-17H2. The highest BCUT2D eigenvalue weighted by atomic mass is 19.1. The molecule has 1 atom stereocenters. The molecule has 94 valence electrons. The topological polar surface area (TPSA) is 61.3 Å². The van der Waals surface area contributed by atoms with Crippen molar-refractivity contribution in [2.75, 3.05) is 6.54 Å². The Kier molecular flexibility index (Phi) is 3.92. The van der Waals surface area contributed by atoms with E-state index in [2.05, 4.69) is 0 Å². The van der Waals surface area contributed by atoms with Gasteiger partial charge in [0.2, 0.25) is 0 Å². The molecule has 0 fully saturated rings. The number of hydrogen-bond acceptors (Lipinski definition) is 3. The molecule has 0 saturated carbocycles. The summed E-state index contributed by atoms with van der Waals surface area (Å²) in [6.07, 6.45) is 0. The van der Waals surface area contributed by atoms with Crippen molar-refractivity contribution in [2.24, 2.45) is 11.5 Å². The Bertz CT molecular complexity index is 516. The number of ether oxygens (including phenoxy) is 1. The van der Waals surface area contributed by atoms with Crippen LogP contribution in [0.2, 0.25) is 0 Å². The number of nitrogens with two attached hydrogens (primary N) is 2. The lowest BCUT2D eigenvalue weighted by atomic mass is 10.1. The molecule has 4 N–H and O–H groups in total. The van der Waals surface area contributed by atoms with Crippen LogP contribution < -0.4 is 16.2 Å². The average Bonchev–Trinajstić information content (AvgIpc) is 2.41. The maximum Gasteiger partial charge on any atom is 0.166 e. The summed E-state index contributed by atoms with van der Waals surface area (Å²) in [4.78, 5) is 0. The van der Waals surface area contributed by atoms with Gasteiger partial charge >= 0.3 is 0 Å². The Labute approximate surface area is 105 Å². The van der Waals surface area contributed by atoms with Crippen LogP contribution in [0.4, 0.5) is 4.39 Å². The summed E-state index contributed by atoms with van der Waals surface area (Å²) in [5.41, 5.74) is 11.8. The molecule has 4 heteroatoms. The van der Waals surface area contributed by atoms with E-state index >= 15 is 0 Å². The van der Waals surface area contributed by atoms with Gasteiger partial charge in [0, 0.05) is 12.6 Å². The second kappa shape index (κ2) is 5.62. The summed E-state index contributed by atoms with van der Waals surface area (Å²) < 4.78 is 19.2. The molecular formula is C14H15FN2O. The van der Waals surface area contributed by atoms with Crippen molar-refractivity contribution in [3.05, 3.63) is 59.9 Å². The summed E-state index contributed by atoms with van der Waals surface area (Å²) in [6, 6.07) is 13.3. The lowest BCUT2D eigenvalue weighted by Gasteiger charge is -2.11. The van der Waals surface area contributed by atoms with Crippen molar-refractivity contribution in [2.45, 2.75) is 6.04 Å². The van der Waals surface area contributed by atoms with Gasteiger partial charge in [-0.15, -0.1) is 0 Å². The highest BCUT2D eigenvalue weighted by Crippen LogP contribution is 2.26. The van der Waals surface area contributed by atoms with Crippen molar-refractivity contribution >= 4 is 0 Å². The molecule has 0 bridgehead atoms. The van der Waals surface area contributed by atoms with Crippen molar-refractivity contribution in [3.8, 4) is 11.5 Å². The van der Waals surface area contributed by atoms with E-state index in [4.69, 9.17) is 16.2 Å². The van der Waals surface area contributed by atoms with Gasteiger partial charge in [-0.25, -0.2) is 4.39 Å². The van der Waals surface area contributed by atoms with Crippen LogP contribution in [-0.4, -0.2) is 6.54 Å². The fraction of sp³-hybridized carbons (Fsp3) is 0.143. The van der Waals surface area contributed by atoms with Crippen LogP contribution in [0.1, 0.15) is 11.6 Å². The van der Waals surface area contributed by atoms with Gasteiger partial charge in [0.05, 0.1) is 0 Å². The van der Waals surface area contributed by atoms with Gasteiger partial charge in [0.25, 0.3) is 0 Å². The molecule has 0 saturated heterocycles. The number of benzene rings is 2. The van der Waals surface area contributed by atoms with E-state index in [-0.39, 0.29) is 18.3 Å². The smallest absolute Gasteiger partial charge is 0.166 e. The minimum absolute atomic E-state index is 0.175. The van der Waals surface area contributed by atoms with Crippen molar-refractivity contribution in [3.63, 3.8) is 0 Å². The molecule has 0 heterocycles. The van der Waals surface area contributed by atoms with E-state index in [1.807, 2.05) is 18.2 Å². The Balaban J connectivity index is 2.20. The van der Waals surface area contributed by atoms with Gasteiger partial charge in [0.1, 0.15) is 5.75 Å². The quantitative estimate of drug-likeness (QED) is 0.871. The van der Waals surface area contributed by atoms with Gasteiger partial charge in [0.15, 0.2) is 11.6 Å². The van der Waals surface area contributed by atoms with Gasteiger partial charge in [-0.05, 0) is 29.8 Å². The van der Waals surface area contributed by atoms with Crippen LogP contribution in [0.15, 0.2) is 48.5 Å². The fourth-order valence-electron chi connectivity index (χ4n) is 1.58. The molecule has 3 nitrogen and oxygen atoms in total. The minimum Gasteiger partial charge on any atom is -0.454 e. The molecule has 0 aromatic heterocycles. The predicted molar refractivity (Wildman–Crippen MR) is 68.9 cm³/mol. The van der Waals surface area contributed by atoms with Crippen LogP contribution >= 0.6 is 0 Å². The van der Waals surface area contributed by atoms with Crippen LogP contribution in [0.5, 0.6) is 11.5 Å². The number of para-hydroxylation sites is 1. The van der Waals surface area contributed by atoms with E-state index in [1.54, 1.807) is 24.3 Å². The van der Waals surface area contributed by atoms with Crippen LogP contribution in [0.3, 0.4) is 0 Å². The average molecular weight is 246 g/mol. The molecule has 2 rings (SSSR count). The van der Waals surface area contributed by atoms with Gasteiger partial charge in [-0.1, -0.05) is 24.3 Å². The maximum atomic E-state index is 13.8. The minimum atomic E-state index is -0.444. The van der Waals surface area contributed by atoms with Gasteiger partial charge < -0.3 is 16.2 Å². The largest absolute Gasteiger partial charge is 0.454 e. The molecule has 0 spiro atoms. The number of halogens is 1. The van der Waals surface area contributed by atoms with E-state index < -0.39 is 5.82 Å². The van der Waals surface area contributed by atoms with Crippen LogP contribution in [-0.2, 0) is 0 Å². The molecule has 2 aromatic carbocycles. The van der Waals surface area contributed by atoms with Crippen LogP contribution in [0, 0.1) is 5.82 Å². The molecule has 18 heavy (non-hydrogen) atoms. The highest BCUT2D eigenvalue weighted by molar-refractivity contribution is 5.35. The third-order valence-electron chi connectivity index (χ3n) is 2.61. The molecule has 0 radical (unpaired) electrons. The maximum absolute atomic E-state index is 13.8. The van der Waals surface area contributed by atoms with Crippen molar-refractivity contribution < 1.29 is 9.13 Å². The first-order chi connectivity index (χ1) is 8.70.